The molecule has 3 nitrogen and oxygen atoms in total. The first-order valence-corrected chi connectivity index (χ1v) is 6.89. The van der Waals surface area contributed by atoms with Crippen molar-refractivity contribution in [3.63, 3.8) is 0 Å². The Kier molecular flexibility index (Phi) is 5.16. The molecular formula is C17H21NO2. The molecule has 2 unspecified atom stereocenters. The topological polar surface area (TPSA) is 52.5 Å². The summed E-state index contributed by atoms with van der Waals surface area (Å²) in [6.45, 7) is 2.17. The summed E-state index contributed by atoms with van der Waals surface area (Å²) in [6, 6.07) is 17.4. The fraction of sp³-hybridized carbons (Fsp3) is 0.294. The van der Waals surface area contributed by atoms with Crippen molar-refractivity contribution in [1.29, 1.82) is 0 Å². The van der Waals surface area contributed by atoms with E-state index in [9.17, 15) is 10.2 Å². The molecule has 0 fully saturated rings. The summed E-state index contributed by atoms with van der Waals surface area (Å²) in [4.78, 5) is 0. The van der Waals surface area contributed by atoms with Crippen LogP contribution in [0, 0.1) is 0 Å². The van der Waals surface area contributed by atoms with Crippen LogP contribution >= 0.6 is 0 Å². The monoisotopic (exact) mass is 271 g/mol. The molecule has 2 rings (SSSR count). The number of benzene rings is 2. The van der Waals surface area contributed by atoms with Gasteiger partial charge in [-0.25, -0.2) is 0 Å². The van der Waals surface area contributed by atoms with Gasteiger partial charge in [-0.15, -0.1) is 0 Å². The maximum absolute atomic E-state index is 9.54. The zero-order chi connectivity index (χ0) is 14.4. The minimum Gasteiger partial charge on any atom is -0.508 e. The lowest BCUT2D eigenvalue weighted by Crippen LogP contribution is -2.34. The summed E-state index contributed by atoms with van der Waals surface area (Å²) in [6.07, 6.45) is 0.851. The van der Waals surface area contributed by atoms with E-state index in [4.69, 9.17) is 0 Å². The number of rotatable bonds is 6. The molecule has 0 heterocycles. The predicted molar refractivity (Wildman–Crippen MR) is 80.7 cm³/mol. The molecule has 20 heavy (non-hydrogen) atoms. The fourth-order valence-corrected chi connectivity index (χ4v) is 2.33. The van der Waals surface area contributed by atoms with E-state index in [0.29, 0.717) is 0 Å². The van der Waals surface area contributed by atoms with Crippen molar-refractivity contribution in [3.8, 4) is 5.75 Å². The zero-order valence-corrected chi connectivity index (χ0v) is 11.7. The van der Waals surface area contributed by atoms with Gasteiger partial charge in [-0.3, -0.25) is 0 Å². The van der Waals surface area contributed by atoms with E-state index in [0.717, 1.165) is 17.5 Å². The van der Waals surface area contributed by atoms with Gasteiger partial charge < -0.3 is 15.5 Å². The Morgan fingerprint density at radius 3 is 2.25 bits per heavy atom. The molecule has 0 bridgehead atoms. The first-order chi connectivity index (χ1) is 9.69. The van der Waals surface area contributed by atoms with E-state index in [2.05, 4.69) is 12.2 Å². The van der Waals surface area contributed by atoms with Gasteiger partial charge in [-0.1, -0.05) is 42.5 Å². The van der Waals surface area contributed by atoms with Gasteiger partial charge in [0.25, 0.3) is 0 Å². The van der Waals surface area contributed by atoms with Crippen LogP contribution in [0.4, 0.5) is 0 Å². The molecule has 0 radical (unpaired) electrons. The molecule has 0 saturated heterocycles. The van der Waals surface area contributed by atoms with Crippen molar-refractivity contribution < 1.29 is 10.2 Å². The average Bonchev–Trinajstić information content (AvgIpc) is 2.48. The van der Waals surface area contributed by atoms with E-state index in [1.807, 2.05) is 42.5 Å². The summed E-state index contributed by atoms with van der Waals surface area (Å²) in [5, 5.41) is 22.2. The van der Waals surface area contributed by atoms with Crippen molar-refractivity contribution in [2.24, 2.45) is 0 Å². The zero-order valence-electron chi connectivity index (χ0n) is 11.7. The van der Waals surface area contributed by atoms with E-state index < -0.39 is 0 Å². The minimum absolute atomic E-state index is 0.0525. The molecule has 3 N–H and O–H groups in total. The Morgan fingerprint density at radius 2 is 1.65 bits per heavy atom. The van der Waals surface area contributed by atoms with Gasteiger partial charge in [0.15, 0.2) is 0 Å². The molecule has 0 aliphatic carbocycles. The Hall–Kier alpha value is -1.84. The fourth-order valence-electron chi connectivity index (χ4n) is 2.33. The Balaban J connectivity index is 1.95. The molecular weight excluding hydrogens is 250 g/mol. The molecule has 2 atom stereocenters. The van der Waals surface area contributed by atoms with E-state index in [1.165, 1.54) is 0 Å². The number of aliphatic hydroxyl groups excluding tert-OH is 1. The Labute approximate surface area is 119 Å². The lowest BCUT2D eigenvalue weighted by atomic mass is 10.0. The largest absolute Gasteiger partial charge is 0.508 e. The van der Waals surface area contributed by atoms with Crippen LogP contribution in [0.2, 0.25) is 0 Å². The van der Waals surface area contributed by atoms with Crippen LogP contribution in [0.15, 0.2) is 54.6 Å². The summed E-state index contributed by atoms with van der Waals surface area (Å²) in [5.41, 5.74) is 2.25. The molecule has 2 aromatic rings. The quantitative estimate of drug-likeness (QED) is 0.757. The van der Waals surface area contributed by atoms with Crippen molar-refractivity contribution in [3.05, 3.63) is 65.7 Å². The van der Waals surface area contributed by atoms with Gasteiger partial charge >= 0.3 is 0 Å². The lowest BCUT2D eigenvalue weighted by molar-refractivity contribution is 0.234. The van der Waals surface area contributed by atoms with Gasteiger partial charge in [0.2, 0.25) is 0 Å². The third kappa shape index (κ3) is 4.08. The molecule has 0 aliphatic rings. The van der Waals surface area contributed by atoms with Crippen LogP contribution in [0.1, 0.15) is 24.1 Å². The van der Waals surface area contributed by atoms with Crippen LogP contribution in [0.5, 0.6) is 5.75 Å². The van der Waals surface area contributed by atoms with Crippen LogP contribution in [-0.2, 0) is 6.42 Å². The van der Waals surface area contributed by atoms with Crippen molar-refractivity contribution in [2.45, 2.75) is 25.4 Å². The first kappa shape index (κ1) is 14.6. The van der Waals surface area contributed by atoms with E-state index in [1.54, 1.807) is 12.1 Å². The third-order valence-corrected chi connectivity index (χ3v) is 3.35. The van der Waals surface area contributed by atoms with Crippen LogP contribution in [0.25, 0.3) is 0 Å². The maximum atomic E-state index is 9.54. The molecule has 2 aromatic carbocycles. The van der Waals surface area contributed by atoms with Gasteiger partial charge in [-0.05, 0) is 36.6 Å². The third-order valence-electron chi connectivity index (χ3n) is 3.35. The van der Waals surface area contributed by atoms with Crippen molar-refractivity contribution in [2.75, 3.05) is 6.61 Å². The molecule has 0 amide bonds. The van der Waals surface area contributed by atoms with Crippen molar-refractivity contribution >= 4 is 0 Å². The van der Waals surface area contributed by atoms with Crippen LogP contribution < -0.4 is 5.32 Å². The standard InChI is InChI=1S/C17H21NO2/c1-13(11-14-7-9-16(20)10-8-14)18-17(12-19)15-5-3-2-4-6-15/h2-10,13,17-20H,11-12H2,1H3. The second-order valence-electron chi connectivity index (χ2n) is 5.08. The Morgan fingerprint density at radius 1 is 1.00 bits per heavy atom. The van der Waals surface area contributed by atoms with Gasteiger partial charge in [0.1, 0.15) is 5.75 Å². The SMILES string of the molecule is CC(Cc1ccc(O)cc1)NC(CO)c1ccccc1. The highest BCUT2D eigenvalue weighted by molar-refractivity contribution is 5.26. The summed E-state index contributed by atoms with van der Waals surface area (Å²) in [5.74, 6) is 0.284. The number of phenolic OH excluding ortho intramolecular Hbond substituents is 1. The van der Waals surface area contributed by atoms with Crippen LogP contribution in [-0.4, -0.2) is 22.9 Å². The molecule has 106 valence electrons. The minimum atomic E-state index is -0.0525. The Bertz CT molecular complexity index is 510. The summed E-state index contributed by atoms with van der Waals surface area (Å²) >= 11 is 0. The first-order valence-electron chi connectivity index (χ1n) is 6.89. The van der Waals surface area contributed by atoms with Gasteiger partial charge in [0.05, 0.1) is 12.6 Å². The van der Waals surface area contributed by atoms with Gasteiger partial charge in [-0.2, -0.15) is 0 Å². The summed E-state index contributed by atoms with van der Waals surface area (Å²) in [7, 11) is 0. The average molecular weight is 271 g/mol. The number of aliphatic hydroxyl groups is 1. The number of hydrogen-bond acceptors (Lipinski definition) is 3. The highest BCUT2D eigenvalue weighted by Crippen LogP contribution is 2.15. The number of aromatic hydroxyl groups is 1. The highest BCUT2D eigenvalue weighted by atomic mass is 16.3. The molecule has 0 saturated carbocycles. The molecule has 0 aromatic heterocycles. The number of nitrogens with one attached hydrogen (secondary N) is 1. The second-order valence-corrected chi connectivity index (χ2v) is 5.08. The van der Waals surface area contributed by atoms with Crippen LogP contribution in [0.3, 0.4) is 0 Å². The molecule has 0 aliphatic heterocycles. The second kappa shape index (κ2) is 7.08. The summed E-state index contributed by atoms with van der Waals surface area (Å²) < 4.78 is 0. The maximum Gasteiger partial charge on any atom is 0.115 e. The van der Waals surface area contributed by atoms with E-state index >= 15 is 0 Å². The molecule has 0 spiro atoms. The highest BCUT2D eigenvalue weighted by Gasteiger charge is 2.13. The normalized spacial score (nSPS) is 13.9. The lowest BCUT2D eigenvalue weighted by Gasteiger charge is -2.22. The molecule has 3 heteroatoms. The predicted octanol–water partition coefficient (Wildman–Crippen LogP) is 2.65. The van der Waals surface area contributed by atoms with Crippen molar-refractivity contribution in [1.82, 2.24) is 5.32 Å². The van der Waals surface area contributed by atoms with Gasteiger partial charge in [0, 0.05) is 6.04 Å². The number of phenols is 1. The number of hydrogen-bond donors (Lipinski definition) is 3. The van der Waals surface area contributed by atoms with E-state index in [-0.39, 0.29) is 24.4 Å². The smallest absolute Gasteiger partial charge is 0.115 e.